The number of halogens is 2. The lowest BCUT2D eigenvalue weighted by Crippen LogP contribution is -2.19. The second-order valence-electron chi connectivity index (χ2n) is 5.19. The van der Waals surface area contributed by atoms with Gasteiger partial charge in [0.15, 0.2) is 0 Å². The average molecular weight is 272 g/mol. The summed E-state index contributed by atoms with van der Waals surface area (Å²) in [4.78, 5) is 2.27. The van der Waals surface area contributed by atoms with E-state index in [0.717, 1.165) is 25.7 Å². The Labute approximate surface area is 117 Å². The van der Waals surface area contributed by atoms with Gasteiger partial charge < -0.3 is 0 Å². The van der Waals surface area contributed by atoms with Gasteiger partial charge in [-0.2, -0.15) is 0 Å². The standard InChI is InChI=1S/C17H16F2N/c18-15-6-7-16(17(19)10-15)14-8-9-20(12-14)11-13-4-2-1-3-5-13/h1-8,10,14H,9,11-12H2. The Morgan fingerprint density at radius 3 is 2.60 bits per heavy atom. The lowest BCUT2D eigenvalue weighted by molar-refractivity contribution is 0.329. The van der Waals surface area contributed by atoms with E-state index in [4.69, 9.17) is 0 Å². The highest BCUT2D eigenvalue weighted by Gasteiger charge is 2.26. The van der Waals surface area contributed by atoms with E-state index in [0.29, 0.717) is 5.56 Å². The maximum Gasteiger partial charge on any atom is 0.129 e. The predicted molar refractivity (Wildman–Crippen MR) is 75.1 cm³/mol. The third-order valence-corrected chi connectivity index (χ3v) is 3.71. The smallest absolute Gasteiger partial charge is 0.129 e. The molecule has 1 nitrogen and oxygen atoms in total. The van der Waals surface area contributed by atoms with Crippen LogP contribution in [0.1, 0.15) is 17.0 Å². The quantitative estimate of drug-likeness (QED) is 0.822. The van der Waals surface area contributed by atoms with Gasteiger partial charge in [-0.1, -0.05) is 36.4 Å². The van der Waals surface area contributed by atoms with Crippen molar-refractivity contribution in [2.45, 2.75) is 12.5 Å². The molecule has 0 saturated carbocycles. The van der Waals surface area contributed by atoms with E-state index in [1.807, 2.05) is 18.2 Å². The maximum atomic E-state index is 13.8. The third-order valence-electron chi connectivity index (χ3n) is 3.71. The molecule has 0 aliphatic carbocycles. The molecule has 3 heteroatoms. The summed E-state index contributed by atoms with van der Waals surface area (Å²) in [6.45, 7) is 2.46. The number of rotatable bonds is 3. The van der Waals surface area contributed by atoms with Crippen LogP contribution in [0.25, 0.3) is 0 Å². The van der Waals surface area contributed by atoms with E-state index in [9.17, 15) is 8.78 Å². The zero-order valence-electron chi connectivity index (χ0n) is 11.1. The Bertz CT molecular complexity index is 583. The van der Waals surface area contributed by atoms with Crippen molar-refractivity contribution in [1.82, 2.24) is 4.90 Å². The minimum atomic E-state index is -0.523. The second kappa shape index (κ2) is 5.71. The summed E-state index contributed by atoms with van der Waals surface area (Å²) in [6, 6.07) is 14.1. The van der Waals surface area contributed by atoms with Gasteiger partial charge in [-0.3, -0.25) is 4.90 Å². The summed E-state index contributed by atoms with van der Waals surface area (Å²) < 4.78 is 26.7. The Kier molecular flexibility index (Phi) is 3.79. The molecular weight excluding hydrogens is 256 g/mol. The molecule has 2 aromatic carbocycles. The first-order chi connectivity index (χ1) is 9.72. The van der Waals surface area contributed by atoms with Crippen molar-refractivity contribution in [3.63, 3.8) is 0 Å². The van der Waals surface area contributed by atoms with E-state index in [1.54, 1.807) is 6.07 Å². The summed E-state index contributed by atoms with van der Waals surface area (Å²) in [6.07, 6.45) is 2.10. The first-order valence-electron chi connectivity index (χ1n) is 6.77. The van der Waals surface area contributed by atoms with Gasteiger partial charge in [0.05, 0.1) is 0 Å². The first-order valence-corrected chi connectivity index (χ1v) is 6.77. The zero-order chi connectivity index (χ0) is 13.9. The van der Waals surface area contributed by atoms with Crippen molar-refractivity contribution >= 4 is 0 Å². The number of likely N-dealkylation sites (tertiary alicyclic amines) is 1. The molecule has 0 amide bonds. The molecule has 3 rings (SSSR count). The molecule has 1 aliphatic heterocycles. The largest absolute Gasteiger partial charge is 0.298 e. The van der Waals surface area contributed by atoms with E-state index < -0.39 is 11.6 Å². The van der Waals surface area contributed by atoms with Crippen molar-refractivity contribution in [2.24, 2.45) is 0 Å². The molecule has 1 unspecified atom stereocenters. The maximum absolute atomic E-state index is 13.8. The Hall–Kier alpha value is -1.74. The van der Waals surface area contributed by atoms with Crippen LogP contribution in [0.2, 0.25) is 0 Å². The van der Waals surface area contributed by atoms with Crippen LogP contribution in [0.15, 0.2) is 48.5 Å². The molecule has 0 bridgehead atoms. The van der Waals surface area contributed by atoms with Crippen LogP contribution in [0.4, 0.5) is 8.78 Å². The molecular formula is C17H16F2N. The molecule has 1 saturated heterocycles. The van der Waals surface area contributed by atoms with Crippen LogP contribution in [-0.2, 0) is 6.54 Å². The molecule has 103 valence electrons. The van der Waals surface area contributed by atoms with E-state index >= 15 is 0 Å². The molecule has 0 spiro atoms. The molecule has 0 N–H and O–H groups in total. The van der Waals surface area contributed by atoms with Crippen molar-refractivity contribution < 1.29 is 8.78 Å². The van der Waals surface area contributed by atoms with Gasteiger partial charge in [0, 0.05) is 31.6 Å². The van der Waals surface area contributed by atoms with Crippen LogP contribution in [0, 0.1) is 18.1 Å². The van der Waals surface area contributed by atoms with E-state index in [2.05, 4.69) is 23.5 Å². The number of benzene rings is 2. The monoisotopic (exact) mass is 272 g/mol. The Balaban J connectivity index is 1.67. The first kappa shape index (κ1) is 13.3. The van der Waals surface area contributed by atoms with Crippen LogP contribution in [0.5, 0.6) is 0 Å². The normalized spacial score (nSPS) is 19.4. The molecule has 1 fully saturated rings. The fourth-order valence-electron chi connectivity index (χ4n) is 2.70. The van der Waals surface area contributed by atoms with Gasteiger partial charge in [0.25, 0.3) is 0 Å². The van der Waals surface area contributed by atoms with Gasteiger partial charge in [-0.15, -0.1) is 0 Å². The SMILES string of the molecule is Fc1ccc(C2[CH]CN(Cc3ccccc3)C2)c(F)c1. The molecule has 0 aromatic heterocycles. The van der Waals surface area contributed by atoms with E-state index in [-0.39, 0.29) is 5.92 Å². The molecule has 1 atom stereocenters. The van der Waals surface area contributed by atoms with Crippen molar-refractivity contribution in [3.05, 3.63) is 77.7 Å². The summed E-state index contributed by atoms with van der Waals surface area (Å²) in [7, 11) is 0. The van der Waals surface area contributed by atoms with Gasteiger partial charge in [-0.05, 0) is 23.6 Å². The summed E-state index contributed by atoms with van der Waals surface area (Å²) in [5, 5.41) is 0. The molecule has 1 aliphatic rings. The van der Waals surface area contributed by atoms with Crippen LogP contribution < -0.4 is 0 Å². The Morgan fingerprint density at radius 2 is 1.85 bits per heavy atom. The minimum Gasteiger partial charge on any atom is -0.298 e. The van der Waals surface area contributed by atoms with Crippen LogP contribution >= 0.6 is 0 Å². The number of hydrogen-bond acceptors (Lipinski definition) is 1. The van der Waals surface area contributed by atoms with Gasteiger partial charge in [0.2, 0.25) is 0 Å². The summed E-state index contributed by atoms with van der Waals surface area (Å²) in [5.74, 6) is -0.933. The lowest BCUT2D eigenvalue weighted by atomic mass is 9.98. The average Bonchev–Trinajstić information content (AvgIpc) is 2.88. The van der Waals surface area contributed by atoms with Crippen molar-refractivity contribution in [2.75, 3.05) is 13.1 Å². The molecule has 2 aromatic rings. The Morgan fingerprint density at radius 1 is 1.05 bits per heavy atom. The van der Waals surface area contributed by atoms with Gasteiger partial charge in [0.1, 0.15) is 11.6 Å². The van der Waals surface area contributed by atoms with E-state index in [1.165, 1.54) is 11.6 Å². The third kappa shape index (κ3) is 2.88. The number of nitrogens with zero attached hydrogens (tertiary/aromatic N) is 1. The highest BCUT2D eigenvalue weighted by atomic mass is 19.1. The van der Waals surface area contributed by atoms with Gasteiger partial charge in [-0.25, -0.2) is 8.78 Å². The fraction of sp³-hybridized carbons (Fsp3) is 0.235. The minimum absolute atomic E-state index is 0.0410. The lowest BCUT2D eigenvalue weighted by Gasteiger charge is -2.16. The topological polar surface area (TPSA) is 3.24 Å². The van der Waals surface area contributed by atoms with Crippen LogP contribution in [-0.4, -0.2) is 18.0 Å². The molecule has 20 heavy (non-hydrogen) atoms. The summed E-state index contributed by atoms with van der Waals surface area (Å²) >= 11 is 0. The highest BCUT2D eigenvalue weighted by Crippen LogP contribution is 2.29. The van der Waals surface area contributed by atoms with Crippen LogP contribution in [0.3, 0.4) is 0 Å². The van der Waals surface area contributed by atoms with Crippen molar-refractivity contribution in [1.29, 1.82) is 0 Å². The summed E-state index contributed by atoms with van der Waals surface area (Å²) in [5.41, 5.74) is 1.84. The van der Waals surface area contributed by atoms with Crippen molar-refractivity contribution in [3.8, 4) is 0 Å². The highest BCUT2D eigenvalue weighted by molar-refractivity contribution is 5.27. The second-order valence-corrected chi connectivity index (χ2v) is 5.19. The predicted octanol–water partition coefficient (Wildman–Crippen LogP) is 3.77. The zero-order valence-corrected chi connectivity index (χ0v) is 11.1. The number of hydrogen-bond donors (Lipinski definition) is 0. The molecule has 1 radical (unpaired) electrons. The fourth-order valence-corrected chi connectivity index (χ4v) is 2.70. The van der Waals surface area contributed by atoms with Gasteiger partial charge >= 0.3 is 0 Å². The molecule has 1 heterocycles.